The number of nitrogen functional groups attached to an aromatic ring is 1. The molecule has 1 amide bonds. The molecule has 3 N–H and O–H groups in total. The molecule has 1 aliphatic heterocycles. The number of nitrogens with zero attached hydrogens (tertiary/aromatic N) is 2. The lowest BCUT2D eigenvalue weighted by molar-refractivity contribution is 0.150. The first kappa shape index (κ1) is 11.4. The molecule has 0 saturated heterocycles. The molecule has 1 aromatic rings. The summed E-state index contributed by atoms with van der Waals surface area (Å²) in [4.78, 5) is 15.9. The van der Waals surface area contributed by atoms with Gasteiger partial charge in [-0.3, -0.25) is 4.98 Å². The third kappa shape index (κ3) is 2.35. The fourth-order valence-electron chi connectivity index (χ4n) is 1.78. The lowest BCUT2D eigenvalue weighted by Crippen LogP contribution is -2.33. The van der Waals surface area contributed by atoms with E-state index in [4.69, 9.17) is 10.8 Å². The predicted octanol–water partition coefficient (Wildman–Crippen LogP) is 1.57. The van der Waals surface area contributed by atoms with Gasteiger partial charge in [0.2, 0.25) is 0 Å². The van der Waals surface area contributed by atoms with Crippen molar-refractivity contribution in [2.75, 3.05) is 18.8 Å². The Morgan fingerprint density at radius 3 is 2.88 bits per heavy atom. The van der Waals surface area contributed by atoms with Gasteiger partial charge in [-0.25, -0.2) is 9.18 Å². The molecule has 2 rings (SSSR count). The average molecular weight is 237 g/mol. The molecule has 1 aromatic heterocycles. The van der Waals surface area contributed by atoms with Crippen LogP contribution in [0.15, 0.2) is 18.3 Å². The molecule has 6 heteroatoms. The van der Waals surface area contributed by atoms with Gasteiger partial charge in [0.15, 0.2) is 0 Å². The molecule has 0 aliphatic carbocycles. The number of hydrogen-bond donors (Lipinski definition) is 2. The molecular formula is C11H12FN3O2. The number of rotatable bonds is 1. The van der Waals surface area contributed by atoms with E-state index < -0.39 is 11.9 Å². The minimum Gasteiger partial charge on any atom is -0.465 e. The van der Waals surface area contributed by atoms with E-state index >= 15 is 0 Å². The summed E-state index contributed by atoms with van der Waals surface area (Å²) in [6, 6.07) is 1.22. The Morgan fingerprint density at radius 1 is 1.59 bits per heavy atom. The summed E-state index contributed by atoms with van der Waals surface area (Å²) in [6.45, 7) is 0.711. The Bertz CT molecular complexity index is 488. The molecule has 90 valence electrons. The molecule has 17 heavy (non-hydrogen) atoms. The van der Waals surface area contributed by atoms with Gasteiger partial charge >= 0.3 is 6.09 Å². The zero-order valence-corrected chi connectivity index (χ0v) is 9.06. The third-order valence-electron chi connectivity index (χ3n) is 2.67. The van der Waals surface area contributed by atoms with Crippen molar-refractivity contribution in [1.29, 1.82) is 0 Å². The Balaban J connectivity index is 2.22. The smallest absolute Gasteiger partial charge is 0.407 e. The van der Waals surface area contributed by atoms with Crippen molar-refractivity contribution < 1.29 is 14.3 Å². The van der Waals surface area contributed by atoms with Gasteiger partial charge in [0.25, 0.3) is 0 Å². The number of carboxylic acid groups (broad SMARTS) is 1. The van der Waals surface area contributed by atoms with Crippen LogP contribution in [-0.4, -0.2) is 34.2 Å². The van der Waals surface area contributed by atoms with E-state index in [1.807, 2.05) is 0 Å². The van der Waals surface area contributed by atoms with Gasteiger partial charge in [-0.05, 0) is 12.0 Å². The van der Waals surface area contributed by atoms with Gasteiger partial charge in [-0.2, -0.15) is 0 Å². The third-order valence-corrected chi connectivity index (χ3v) is 2.67. The summed E-state index contributed by atoms with van der Waals surface area (Å²) < 4.78 is 12.8. The molecule has 1 aliphatic rings. The molecular weight excluding hydrogens is 225 g/mol. The van der Waals surface area contributed by atoms with Gasteiger partial charge in [-0.15, -0.1) is 0 Å². The molecule has 0 aromatic carbocycles. The van der Waals surface area contributed by atoms with Crippen LogP contribution in [0, 0.1) is 5.82 Å². The number of pyridine rings is 1. The van der Waals surface area contributed by atoms with E-state index in [0.29, 0.717) is 25.2 Å². The molecule has 0 atom stereocenters. The monoisotopic (exact) mass is 237 g/mol. The highest BCUT2D eigenvalue weighted by Crippen LogP contribution is 2.25. The van der Waals surface area contributed by atoms with Gasteiger partial charge < -0.3 is 15.7 Å². The van der Waals surface area contributed by atoms with Gasteiger partial charge in [0.05, 0.1) is 17.6 Å². The van der Waals surface area contributed by atoms with E-state index in [0.717, 1.165) is 11.8 Å². The standard InChI is InChI=1S/C11H12FN3O2/c12-8-5-9(13)10(14-6-8)7-1-3-15(4-2-7)11(16)17/h1,5-6H,2-4,13H2,(H,16,17). The summed E-state index contributed by atoms with van der Waals surface area (Å²) in [5, 5.41) is 8.79. The summed E-state index contributed by atoms with van der Waals surface area (Å²) in [5.41, 5.74) is 7.35. The van der Waals surface area contributed by atoms with E-state index in [2.05, 4.69) is 4.98 Å². The Hall–Kier alpha value is -2.11. The first-order chi connectivity index (χ1) is 8.08. The van der Waals surface area contributed by atoms with Crippen LogP contribution in [0.4, 0.5) is 14.9 Å². The second kappa shape index (κ2) is 4.40. The maximum Gasteiger partial charge on any atom is 0.407 e. The van der Waals surface area contributed by atoms with Crippen LogP contribution in [0.2, 0.25) is 0 Å². The first-order valence-electron chi connectivity index (χ1n) is 5.16. The van der Waals surface area contributed by atoms with Crippen molar-refractivity contribution >= 4 is 17.4 Å². The highest BCUT2D eigenvalue weighted by molar-refractivity contribution is 5.74. The highest BCUT2D eigenvalue weighted by Gasteiger charge is 2.18. The Morgan fingerprint density at radius 2 is 2.35 bits per heavy atom. The van der Waals surface area contributed by atoms with Crippen molar-refractivity contribution in [3.05, 3.63) is 29.9 Å². The Kier molecular flexibility index (Phi) is 2.95. The molecule has 0 saturated carbocycles. The number of carbonyl (C=O) groups is 1. The summed E-state index contributed by atoms with van der Waals surface area (Å²) >= 11 is 0. The summed E-state index contributed by atoms with van der Waals surface area (Å²) in [7, 11) is 0. The van der Waals surface area contributed by atoms with Crippen LogP contribution in [0.1, 0.15) is 12.1 Å². The van der Waals surface area contributed by atoms with E-state index in [1.54, 1.807) is 6.08 Å². The number of nitrogens with two attached hydrogens (primary N) is 1. The minimum atomic E-state index is -0.944. The molecule has 0 radical (unpaired) electrons. The van der Waals surface area contributed by atoms with Gasteiger partial charge in [0.1, 0.15) is 5.82 Å². The highest BCUT2D eigenvalue weighted by atomic mass is 19.1. The van der Waals surface area contributed by atoms with Crippen LogP contribution >= 0.6 is 0 Å². The number of aromatic nitrogens is 1. The fourth-order valence-corrected chi connectivity index (χ4v) is 1.78. The van der Waals surface area contributed by atoms with Crippen molar-refractivity contribution in [1.82, 2.24) is 9.88 Å². The van der Waals surface area contributed by atoms with Gasteiger partial charge in [-0.1, -0.05) is 6.08 Å². The molecule has 0 spiro atoms. The van der Waals surface area contributed by atoms with Crippen LogP contribution in [0.25, 0.3) is 5.57 Å². The van der Waals surface area contributed by atoms with Crippen LogP contribution < -0.4 is 5.73 Å². The summed E-state index contributed by atoms with van der Waals surface area (Å²) in [5.74, 6) is -0.477. The average Bonchev–Trinajstić information content (AvgIpc) is 2.29. The van der Waals surface area contributed by atoms with E-state index in [1.165, 1.54) is 11.0 Å². The number of hydrogen-bond acceptors (Lipinski definition) is 3. The number of halogens is 1. The largest absolute Gasteiger partial charge is 0.465 e. The maximum absolute atomic E-state index is 12.8. The normalized spacial score (nSPS) is 15.6. The molecule has 2 heterocycles. The van der Waals surface area contributed by atoms with Crippen molar-refractivity contribution in [3.8, 4) is 0 Å². The fraction of sp³-hybridized carbons (Fsp3) is 0.273. The molecule has 0 unspecified atom stereocenters. The zero-order chi connectivity index (χ0) is 12.4. The lowest BCUT2D eigenvalue weighted by Gasteiger charge is -2.23. The number of anilines is 1. The zero-order valence-electron chi connectivity index (χ0n) is 9.06. The lowest BCUT2D eigenvalue weighted by atomic mass is 10.0. The van der Waals surface area contributed by atoms with Crippen LogP contribution in [0.5, 0.6) is 0 Å². The SMILES string of the molecule is Nc1cc(F)cnc1C1=CCN(C(=O)O)CC1. The minimum absolute atomic E-state index is 0.278. The van der Waals surface area contributed by atoms with Crippen molar-refractivity contribution in [2.24, 2.45) is 0 Å². The quantitative estimate of drug-likeness (QED) is 0.777. The van der Waals surface area contributed by atoms with E-state index in [-0.39, 0.29) is 5.69 Å². The topological polar surface area (TPSA) is 79.5 Å². The molecule has 0 fully saturated rings. The first-order valence-corrected chi connectivity index (χ1v) is 5.16. The van der Waals surface area contributed by atoms with Crippen molar-refractivity contribution in [2.45, 2.75) is 6.42 Å². The molecule has 5 nitrogen and oxygen atoms in total. The van der Waals surface area contributed by atoms with Crippen molar-refractivity contribution in [3.63, 3.8) is 0 Å². The number of amides is 1. The second-order valence-corrected chi connectivity index (χ2v) is 3.80. The second-order valence-electron chi connectivity index (χ2n) is 3.80. The van der Waals surface area contributed by atoms with Crippen LogP contribution in [-0.2, 0) is 0 Å². The summed E-state index contributed by atoms with van der Waals surface area (Å²) in [6.07, 6.45) is 2.46. The van der Waals surface area contributed by atoms with Crippen LogP contribution in [0.3, 0.4) is 0 Å². The maximum atomic E-state index is 12.8. The van der Waals surface area contributed by atoms with Gasteiger partial charge in [0, 0.05) is 19.2 Å². The van der Waals surface area contributed by atoms with E-state index in [9.17, 15) is 9.18 Å². The molecule has 0 bridgehead atoms. The predicted molar refractivity (Wildman–Crippen MR) is 60.8 cm³/mol. The Labute approximate surface area is 97.4 Å².